The van der Waals surface area contributed by atoms with Gasteiger partial charge in [-0.05, 0) is 0 Å². The Labute approximate surface area is 253 Å². The van der Waals surface area contributed by atoms with Crippen molar-refractivity contribution in [2.45, 2.75) is 139 Å². The van der Waals surface area contributed by atoms with Crippen LogP contribution in [0.1, 0.15) is 130 Å². The van der Waals surface area contributed by atoms with Crippen LogP contribution in [0.5, 0.6) is 0 Å². The average molecular weight is 688 g/mol. The third-order valence-corrected chi connectivity index (χ3v) is 16.2. The Morgan fingerprint density at radius 2 is 0.756 bits per heavy atom. The molecule has 41 heavy (non-hydrogen) atoms. The van der Waals surface area contributed by atoms with Crippen LogP contribution in [0.2, 0.25) is 8.87 Å². The predicted molar refractivity (Wildman–Crippen MR) is 164 cm³/mol. The molecule has 0 bridgehead atoms. The molecule has 0 spiro atoms. The first-order valence-corrected chi connectivity index (χ1v) is 22.3. The molecule has 0 aliphatic heterocycles. The van der Waals surface area contributed by atoms with E-state index in [1.807, 2.05) is 13.8 Å². The van der Waals surface area contributed by atoms with Gasteiger partial charge in [-0.15, -0.1) is 0 Å². The molecule has 0 aliphatic rings. The standard InChI is InChI=1S/2C12H20O4.2C4H9.Sn/c2*1-2-3-4-5-6-7-10-16-12(15)9-8-11(13)14;2*1-3-4-2;/h2*8-9H,2-7,10H2,1H3,(H,13,14);2*1,3-4H2,2H3;/q;;;;+2/p-2. The van der Waals surface area contributed by atoms with E-state index in [4.69, 9.17) is 15.6 Å². The molecule has 0 aromatic heterocycles. The fourth-order valence-corrected chi connectivity index (χ4v) is 13.7. The predicted octanol–water partition coefficient (Wildman–Crippen LogP) is 8.04. The Hall–Kier alpha value is -1.84. The third kappa shape index (κ3) is 23.4. The summed E-state index contributed by atoms with van der Waals surface area (Å²) < 4.78 is 23.1. The van der Waals surface area contributed by atoms with Crippen molar-refractivity contribution >= 4 is 43.1 Å². The van der Waals surface area contributed by atoms with Gasteiger partial charge in [0.2, 0.25) is 0 Å². The molecule has 0 aliphatic carbocycles. The van der Waals surface area contributed by atoms with Gasteiger partial charge >= 0.3 is 228 Å². The molecule has 0 radical (unpaired) electrons. The number of rotatable bonds is 26. The molecule has 0 amide bonds. The SMILES string of the molecule is CCCCCCCCOC(=O)C=CC(=O)[O][Sn]([CH2]CCC)([CH2]CCC)[O]C(=O)C=CC(=O)OCCCCCCCC. The minimum absolute atomic E-state index is 0.311. The van der Waals surface area contributed by atoms with E-state index in [-0.39, 0.29) is 0 Å². The van der Waals surface area contributed by atoms with E-state index in [0.29, 0.717) is 22.1 Å². The van der Waals surface area contributed by atoms with Crippen LogP contribution >= 0.6 is 0 Å². The van der Waals surface area contributed by atoms with Crippen LogP contribution in [0.15, 0.2) is 24.3 Å². The zero-order valence-electron chi connectivity index (χ0n) is 26.2. The van der Waals surface area contributed by atoms with Crippen molar-refractivity contribution in [1.82, 2.24) is 0 Å². The topological polar surface area (TPSA) is 105 Å². The second-order valence-corrected chi connectivity index (χ2v) is 19.7. The molecule has 8 nitrogen and oxygen atoms in total. The first-order valence-electron chi connectivity index (χ1n) is 16.0. The zero-order valence-corrected chi connectivity index (χ0v) is 29.1. The minimum Gasteiger partial charge on any atom is -0.0654 e. The summed E-state index contributed by atoms with van der Waals surface area (Å²) in [7, 11) is 0. The first kappa shape index (κ1) is 39.2. The Morgan fingerprint density at radius 3 is 1.12 bits per heavy atom. The number of hydrogen-bond donors (Lipinski definition) is 0. The summed E-state index contributed by atoms with van der Waals surface area (Å²) in [6.45, 7) is 8.98. The Bertz CT molecular complexity index is 714. The number of carbonyl (C=O) groups excluding carboxylic acids is 4. The van der Waals surface area contributed by atoms with Crippen molar-refractivity contribution in [2.24, 2.45) is 0 Å². The smallest absolute Gasteiger partial charge is 0.0654 e. The second kappa shape index (κ2) is 27.0. The minimum atomic E-state index is -4.23. The van der Waals surface area contributed by atoms with E-state index in [0.717, 1.165) is 88.5 Å². The molecule has 0 aromatic carbocycles. The number of ether oxygens (including phenoxy) is 2. The number of hydrogen-bond acceptors (Lipinski definition) is 8. The van der Waals surface area contributed by atoms with Gasteiger partial charge in [-0.2, -0.15) is 0 Å². The molecular formula is C32H56O8Sn. The van der Waals surface area contributed by atoms with E-state index < -0.39 is 43.1 Å². The van der Waals surface area contributed by atoms with Crippen molar-refractivity contribution in [3.8, 4) is 0 Å². The molecule has 0 fully saturated rings. The summed E-state index contributed by atoms with van der Waals surface area (Å²) >= 11 is -4.23. The Morgan fingerprint density at radius 1 is 0.439 bits per heavy atom. The summed E-state index contributed by atoms with van der Waals surface area (Å²) in [4.78, 5) is 49.5. The molecule has 0 heterocycles. The van der Waals surface area contributed by atoms with Crippen LogP contribution in [-0.2, 0) is 34.8 Å². The fraction of sp³-hybridized carbons (Fsp3) is 0.750. The first-order chi connectivity index (χ1) is 19.8. The van der Waals surface area contributed by atoms with Gasteiger partial charge < -0.3 is 0 Å². The van der Waals surface area contributed by atoms with Crippen LogP contribution in [-0.4, -0.2) is 56.3 Å². The molecular weight excluding hydrogens is 631 g/mol. The summed E-state index contributed by atoms with van der Waals surface area (Å²) in [5.41, 5.74) is 0. The average Bonchev–Trinajstić information content (AvgIpc) is 2.96. The van der Waals surface area contributed by atoms with Crippen molar-refractivity contribution in [2.75, 3.05) is 13.2 Å². The normalized spacial score (nSPS) is 11.6. The molecule has 0 saturated carbocycles. The molecule has 236 valence electrons. The molecule has 0 aromatic rings. The third-order valence-electron chi connectivity index (χ3n) is 6.59. The van der Waals surface area contributed by atoms with Crippen LogP contribution < -0.4 is 0 Å². The van der Waals surface area contributed by atoms with Gasteiger partial charge in [-0.25, -0.2) is 0 Å². The molecule has 0 saturated heterocycles. The van der Waals surface area contributed by atoms with Gasteiger partial charge in [0.05, 0.1) is 0 Å². The van der Waals surface area contributed by atoms with Crippen molar-refractivity contribution in [1.29, 1.82) is 0 Å². The van der Waals surface area contributed by atoms with Crippen LogP contribution in [0.4, 0.5) is 0 Å². The van der Waals surface area contributed by atoms with Crippen LogP contribution in [0.3, 0.4) is 0 Å². The molecule has 0 atom stereocenters. The summed E-state index contributed by atoms with van der Waals surface area (Å²) in [5, 5.41) is 0. The Kier molecular flexibility index (Phi) is 25.8. The van der Waals surface area contributed by atoms with Crippen molar-refractivity contribution in [3.63, 3.8) is 0 Å². The molecule has 0 rings (SSSR count). The van der Waals surface area contributed by atoms with Gasteiger partial charge in [-0.3, -0.25) is 0 Å². The van der Waals surface area contributed by atoms with Gasteiger partial charge in [0.15, 0.2) is 0 Å². The fourth-order valence-electron chi connectivity index (χ4n) is 4.16. The number of unbranched alkanes of at least 4 members (excludes halogenated alkanes) is 12. The van der Waals surface area contributed by atoms with Gasteiger partial charge in [0.1, 0.15) is 0 Å². The van der Waals surface area contributed by atoms with Crippen LogP contribution in [0.25, 0.3) is 0 Å². The summed E-state index contributed by atoms with van der Waals surface area (Å²) in [6.07, 6.45) is 20.4. The van der Waals surface area contributed by atoms with Gasteiger partial charge in [0, 0.05) is 0 Å². The molecule has 0 N–H and O–H groups in total. The van der Waals surface area contributed by atoms with E-state index in [1.165, 1.54) is 38.5 Å². The maximum absolute atomic E-state index is 12.7. The summed E-state index contributed by atoms with van der Waals surface area (Å²) in [5.74, 6) is -2.62. The summed E-state index contributed by atoms with van der Waals surface area (Å²) in [6, 6.07) is 0. The monoisotopic (exact) mass is 688 g/mol. The zero-order chi connectivity index (χ0) is 30.6. The van der Waals surface area contributed by atoms with Crippen LogP contribution in [0, 0.1) is 0 Å². The quantitative estimate of drug-likeness (QED) is 0.0390. The van der Waals surface area contributed by atoms with Crippen molar-refractivity contribution in [3.05, 3.63) is 24.3 Å². The van der Waals surface area contributed by atoms with Crippen molar-refractivity contribution < 1.29 is 34.8 Å². The Balaban J connectivity index is 4.94. The van der Waals surface area contributed by atoms with Gasteiger partial charge in [-0.1, -0.05) is 26.7 Å². The van der Waals surface area contributed by atoms with E-state index >= 15 is 0 Å². The number of carbonyl (C=O) groups is 4. The number of esters is 2. The van der Waals surface area contributed by atoms with E-state index in [1.54, 1.807) is 0 Å². The maximum atomic E-state index is 12.7. The van der Waals surface area contributed by atoms with E-state index in [2.05, 4.69) is 13.8 Å². The molecule has 0 unspecified atom stereocenters. The van der Waals surface area contributed by atoms with Gasteiger partial charge in [0.25, 0.3) is 0 Å². The van der Waals surface area contributed by atoms with E-state index in [9.17, 15) is 19.2 Å². The molecule has 9 heteroatoms. The second-order valence-electron chi connectivity index (χ2n) is 10.5.